The minimum absolute atomic E-state index is 0.126. The van der Waals surface area contributed by atoms with Crippen LogP contribution in [-0.2, 0) is 17.8 Å². The lowest BCUT2D eigenvalue weighted by atomic mass is 10.2. The van der Waals surface area contributed by atoms with Crippen LogP contribution in [0.5, 0.6) is 0 Å². The zero-order valence-corrected chi connectivity index (χ0v) is 15.6. The molecule has 0 aliphatic heterocycles. The van der Waals surface area contributed by atoms with Gasteiger partial charge < -0.3 is 5.32 Å². The van der Waals surface area contributed by atoms with Gasteiger partial charge in [-0.2, -0.15) is 5.10 Å². The largest absolute Gasteiger partial charge is 0.324 e. The molecule has 3 aromatic rings. The second-order valence-electron chi connectivity index (χ2n) is 6.55. The maximum absolute atomic E-state index is 12.8. The molecule has 0 radical (unpaired) electrons. The Labute approximate surface area is 152 Å². The fraction of sp³-hybridized carbons (Fsp3) is 0.333. The van der Waals surface area contributed by atoms with Crippen molar-refractivity contribution in [2.24, 2.45) is 0 Å². The van der Waals surface area contributed by atoms with Crippen molar-refractivity contribution in [2.45, 2.75) is 38.6 Å². The number of anilines is 1. The fourth-order valence-electron chi connectivity index (χ4n) is 3.06. The normalized spacial score (nSPS) is 13.9. The van der Waals surface area contributed by atoms with Gasteiger partial charge in [0.1, 0.15) is 17.9 Å². The summed E-state index contributed by atoms with van der Waals surface area (Å²) in [5.74, 6) is 1.03. The van der Waals surface area contributed by atoms with Crippen molar-refractivity contribution in [3.05, 3.63) is 52.5 Å². The molecular weight excluding hydrogens is 349 g/mol. The Morgan fingerprint density at radius 3 is 2.92 bits per heavy atom. The van der Waals surface area contributed by atoms with Crippen LogP contribution in [0.25, 0.3) is 5.52 Å². The maximum atomic E-state index is 12.8. The summed E-state index contributed by atoms with van der Waals surface area (Å²) in [7, 11) is 2.52. The predicted molar refractivity (Wildman–Crippen MR) is 103 cm³/mol. The number of carbonyl (C=O) groups is 1. The molecule has 4 rings (SSSR count). The van der Waals surface area contributed by atoms with Gasteiger partial charge in [0.25, 0.3) is 5.56 Å². The Bertz CT molecular complexity index is 1050. The number of rotatable bonds is 5. The second-order valence-corrected chi connectivity index (χ2v) is 7.17. The molecular formula is C18H20N5O2P. The molecule has 1 unspecified atom stereocenters. The van der Waals surface area contributed by atoms with Gasteiger partial charge in [-0.25, -0.2) is 4.68 Å². The van der Waals surface area contributed by atoms with Gasteiger partial charge in [-0.15, -0.1) is 9.24 Å². The summed E-state index contributed by atoms with van der Waals surface area (Å²) in [5, 5.41) is 7.99. The standard InChI is InChI=1S/C18H20N5O2P/c1-2-16-21-23(10-17(24)20-13-5-6-19-8-15(13)26)18(25)14-7-12(9-22(14)16)11-3-4-11/h5-9,11H,2-4,10,26H2,1H3,(H,19,20,24). The number of nitrogens with zero attached hydrogens (tertiary/aromatic N) is 4. The Balaban J connectivity index is 1.65. The summed E-state index contributed by atoms with van der Waals surface area (Å²) in [6.45, 7) is 1.86. The van der Waals surface area contributed by atoms with Crippen LogP contribution in [0, 0.1) is 0 Å². The fourth-order valence-corrected chi connectivity index (χ4v) is 3.32. The Kier molecular flexibility index (Phi) is 4.32. The number of hydrogen-bond donors (Lipinski definition) is 1. The number of aryl methyl sites for hydroxylation is 1. The van der Waals surface area contributed by atoms with E-state index in [1.165, 1.54) is 23.1 Å². The predicted octanol–water partition coefficient (Wildman–Crippen LogP) is 1.47. The van der Waals surface area contributed by atoms with Crippen molar-refractivity contribution in [2.75, 3.05) is 5.32 Å². The van der Waals surface area contributed by atoms with Crippen molar-refractivity contribution in [1.29, 1.82) is 0 Å². The lowest BCUT2D eigenvalue weighted by molar-refractivity contribution is -0.117. The third-order valence-electron chi connectivity index (χ3n) is 4.59. The van der Waals surface area contributed by atoms with Crippen molar-refractivity contribution < 1.29 is 4.79 Å². The third kappa shape index (κ3) is 3.15. The summed E-state index contributed by atoms with van der Waals surface area (Å²) >= 11 is 0. The Morgan fingerprint density at radius 1 is 1.42 bits per heavy atom. The maximum Gasteiger partial charge on any atom is 0.291 e. The van der Waals surface area contributed by atoms with Gasteiger partial charge in [0, 0.05) is 30.3 Å². The van der Waals surface area contributed by atoms with Gasteiger partial charge in [-0.3, -0.25) is 19.0 Å². The molecule has 1 aliphatic carbocycles. The van der Waals surface area contributed by atoms with Gasteiger partial charge in [0.2, 0.25) is 5.91 Å². The highest BCUT2D eigenvalue weighted by Gasteiger charge is 2.26. The van der Waals surface area contributed by atoms with Crippen LogP contribution in [0.2, 0.25) is 0 Å². The van der Waals surface area contributed by atoms with E-state index in [1.807, 2.05) is 23.6 Å². The molecule has 1 atom stereocenters. The van der Waals surface area contributed by atoms with E-state index in [0.29, 0.717) is 23.5 Å². The number of nitrogens with one attached hydrogen (secondary N) is 1. The van der Waals surface area contributed by atoms with Crippen molar-refractivity contribution in [3.63, 3.8) is 0 Å². The van der Waals surface area contributed by atoms with Gasteiger partial charge >= 0.3 is 0 Å². The first-order valence-electron chi connectivity index (χ1n) is 8.68. The van der Waals surface area contributed by atoms with Crippen LogP contribution in [0.1, 0.15) is 37.1 Å². The molecule has 1 N–H and O–H groups in total. The molecule has 1 amide bonds. The zero-order chi connectivity index (χ0) is 18.3. The van der Waals surface area contributed by atoms with Crippen LogP contribution in [-0.4, -0.2) is 25.1 Å². The van der Waals surface area contributed by atoms with E-state index in [-0.39, 0.29) is 18.0 Å². The second kappa shape index (κ2) is 6.65. The number of amides is 1. The monoisotopic (exact) mass is 369 g/mol. The van der Waals surface area contributed by atoms with Crippen LogP contribution < -0.4 is 16.2 Å². The molecule has 0 aromatic carbocycles. The first-order chi connectivity index (χ1) is 12.6. The van der Waals surface area contributed by atoms with Gasteiger partial charge in [0.15, 0.2) is 0 Å². The average molecular weight is 369 g/mol. The van der Waals surface area contributed by atoms with Crippen LogP contribution in [0.15, 0.2) is 35.5 Å². The molecule has 3 heterocycles. The first kappa shape index (κ1) is 16.9. The average Bonchev–Trinajstić information content (AvgIpc) is 3.38. The highest BCUT2D eigenvalue weighted by molar-refractivity contribution is 7.28. The number of pyridine rings is 1. The van der Waals surface area contributed by atoms with E-state index in [0.717, 1.165) is 11.1 Å². The molecule has 3 aromatic heterocycles. The molecule has 7 nitrogen and oxygen atoms in total. The smallest absolute Gasteiger partial charge is 0.291 e. The molecule has 8 heteroatoms. The third-order valence-corrected chi connectivity index (χ3v) is 5.05. The van der Waals surface area contributed by atoms with E-state index in [2.05, 4.69) is 24.6 Å². The number of aromatic nitrogens is 4. The summed E-state index contributed by atoms with van der Waals surface area (Å²) < 4.78 is 3.12. The van der Waals surface area contributed by atoms with Gasteiger partial charge in [0.05, 0.1) is 5.69 Å². The van der Waals surface area contributed by atoms with Gasteiger partial charge in [-0.05, 0) is 36.5 Å². The number of carbonyl (C=O) groups excluding carboxylic acids is 1. The van der Waals surface area contributed by atoms with Crippen molar-refractivity contribution >= 4 is 31.7 Å². The lowest BCUT2D eigenvalue weighted by Gasteiger charge is -2.10. The van der Waals surface area contributed by atoms with Crippen LogP contribution >= 0.6 is 9.24 Å². The van der Waals surface area contributed by atoms with Crippen LogP contribution in [0.4, 0.5) is 5.69 Å². The summed E-state index contributed by atoms with van der Waals surface area (Å²) in [6.07, 6.45) is 8.29. The molecule has 26 heavy (non-hydrogen) atoms. The van der Waals surface area contributed by atoms with E-state index in [9.17, 15) is 9.59 Å². The Hall–Kier alpha value is -2.53. The number of fused-ring (bicyclic) bond motifs is 1. The first-order valence-corrected chi connectivity index (χ1v) is 9.26. The van der Waals surface area contributed by atoms with E-state index < -0.39 is 0 Å². The molecule has 0 saturated heterocycles. The molecule has 1 aliphatic rings. The van der Waals surface area contributed by atoms with E-state index in [1.54, 1.807) is 18.5 Å². The Morgan fingerprint density at radius 2 is 2.23 bits per heavy atom. The summed E-state index contributed by atoms with van der Waals surface area (Å²) in [4.78, 5) is 29.2. The minimum atomic E-state index is -0.296. The minimum Gasteiger partial charge on any atom is -0.324 e. The van der Waals surface area contributed by atoms with E-state index >= 15 is 0 Å². The zero-order valence-electron chi connectivity index (χ0n) is 14.5. The molecule has 1 fully saturated rings. The molecule has 0 bridgehead atoms. The quantitative estimate of drug-likeness (QED) is 0.691. The highest BCUT2D eigenvalue weighted by Crippen LogP contribution is 2.40. The highest BCUT2D eigenvalue weighted by atomic mass is 31.0. The topological polar surface area (TPSA) is 81.3 Å². The summed E-state index contributed by atoms with van der Waals surface area (Å²) in [5.41, 5.74) is 2.18. The van der Waals surface area contributed by atoms with Crippen molar-refractivity contribution in [1.82, 2.24) is 19.2 Å². The summed E-state index contributed by atoms with van der Waals surface area (Å²) in [6, 6.07) is 3.66. The van der Waals surface area contributed by atoms with Crippen LogP contribution in [0.3, 0.4) is 0 Å². The SMILES string of the molecule is CCc1nn(CC(=O)Nc2ccncc2P)c(=O)c2cc(C3CC3)cn12. The number of hydrogen-bond acceptors (Lipinski definition) is 4. The molecule has 1 saturated carbocycles. The van der Waals surface area contributed by atoms with E-state index in [4.69, 9.17) is 0 Å². The van der Waals surface area contributed by atoms with Gasteiger partial charge in [-0.1, -0.05) is 6.92 Å². The lowest BCUT2D eigenvalue weighted by Crippen LogP contribution is -2.32. The van der Waals surface area contributed by atoms with Crippen molar-refractivity contribution in [3.8, 4) is 0 Å². The molecule has 0 spiro atoms. The molecule has 134 valence electrons.